The van der Waals surface area contributed by atoms with Gasteiger partial charge in [0.25, 0.3) is 0 Å². The number of aliphatic hydroxyl groups is 1. The summed E-state index contributed by atoms with van der Waals surface area (Å²) in [4.78, 5) is 22.3. The zero-order valence-electron chi connectivity index (χ0n) is 9.67. The first kappa shape index (κ1) is 14.0. The van der Waals surface area contributed by atoms with Crippen molar-refractivity contribution in [1.29, 1.82) is 0 Å². The summed E-state index contributed by atoms with van der Waals surface area (Å²) in [6, 6.07) is 4.98. The summed E-state index contributed by atoms with van der Waals surface area (Å²) < 4.78 is 0. The van der Waals surface area contributed by atoms with Gasteiger partial charge in [0.15, 0.2) is 0 Å². The number of hydrogen-bond donors (Lipinski definition) is 4. The summed E-state index contributed by atoms with van der Waals surface area (Å²) >= 11 is 0. The summed E-state index contributed by atoms with van der Waals surface area (Å²) in [6.45, 7) is -0.309. The molecule has 0 aliphatic heterocycles. The highest BCUT2D eigenvalue weighted by Gasteiger charge is 2.19. The fourth-order valence-corrected chi connectivity index (χ4v) is 1.43. The number of rotatable bonds is 6. The number of amides is 1. The largest absolute Gasteiger partial charge is 0.508 e. The van der Waals surface area contributed by atoms with Crippen LogP contribution in [0, 0.1) is 0 Å². The van der Waals surface area contributed by atoms with Crippen LogP contribution in [-0.2, 0) is 16.0 Å². The van der Waals surface area contributed by atoms with E-state index in [2.05, 4.69) is 5.32 Å². The molecule has 0 saturated carbocycles. The molecule has 1 aromatic carbocycles. The molecule has 0 aliphatic rings. The van der Waals surface area contributed by atoms with Gasteiger partial charge >= 0.3 is 5.97 Å². The number of carboxylic acids is 1. The standard InChI is InChI=1S/C12H15NO5/c14-6-5-10(12(17)18)13-11(16)7-8-1-3-9(15)4-2-8/h1-4,10,14-15H,5-7H2,(H,13,16)(H,17,18). The van der Waals surface area contributed by atoms with Crippen molar-refractivity contribution in [3.05, 3.63) is 29.8 Å². The Bertz CT molecular complexity index is 415. The van der Waals surface area contributed by atoms with E-state index in [1.165, 1.54) is 12.1 Å². The maximum atomic E-state index is 11.6. The van der Waals surface area contributed by atoms with E-state index in [4.69, 9.17) is 15.3 Å². The van der Waals surface area contributed by atoms with E-state index in [9.17, 15) is 9.59 Å². The van der Waals surface area contributed by atoms with Gasteiger partial charge in [0.2, 0.25) is 5.91 Å². The maximum absolute atomic E-state index is 11.6. The molecule has 0 fully saturated rings. The fraction of sp³-hybridized carbons (Fsp3) is 0.333. The normalized spacial score (nSPS) is 11.8. The number of benzene rings is 1. The summed E-state index contributed by atoms with van der Waals surface area (Å²) in [5.41, 5.74) is 0.665. The van der Waals surface area contributed by atoms with Gasteiger partial charge in [-0.05, 0) is 17.7 Å². The van der Waals surface area contributed by atoms with Crippen LogP contribution in [0.5, 0.6) is 5.75 Å². The zero-order valence-corrected chi connectivity index (χ0v) is 9.67. The Balaban J connectivity index is 2.54. The van der Waals surface area contributed by atoms with Crippen molar-refractivity contribution in [2.24, 2.45) is 0 Å². The number of aliphatic carboxylic acids is 1. The molecule has 4 N–H and O–H groups in total. The van der Waals surface area contributed by atoms with Crippen LogP contribution >= 0.6 is 0 Å². The molecule has 0 saturated heterocycles. The average molecular weight is 253 g/mol. The zero-order chi connectivity index (χ0) is 13.5. The van der Waals surface area contributed by atoms with Crippen molar-refractivity contribution in [2.45, 2.75) is 18.9 Å². The molecule has 0 spiro atoms. The van der Waals surface area contributed by atoms with E-state index in [0.717, 1.165) is 0 Å². The second-order valence-electron chi connectivity index (χ2n) is 3.81. The molecular weight excluding hydrogens is 238 g/mol. The lowest BCUT2D eigenvalue weighted by atomic mass is 10.1. The highest BCUT2D eigenvalue weighted by atomic mass is 16.4. The average Bonchev–Trinajstić information content (AvgIpc) is 2.31. The van der Waals surface area contributed by atoms with Crippen molar-refractivity contribution >= 4 is 11.9 Å². The first-order valence-electron chi connectivity index (χ1n) is 5.44. The van der Waals surface area contributed by atoms with Crippen molar-refractivity contribution < 1.29 is 24.9 Å². The predicted octanol–water partition coefficient (Wildman–Crippen LogP) is -0.113. The van der Waals surface area contributed by atoms with Gasteiger partial charge in [0.05, 0.1) is 6.42 Å². The molecule has 0 heterocycles. The summed E-state index contributed by atoms with van der Waals surface area (Å²) in [6.07, 6.45) is -0.00780. The highest BCUT2D eigenvalue weighted by molar-refractivity contribution is 5.84. The van der Waals surface area contributed by atoms with Crippen molar-refractivity contribution in [1.82, 2.24) is 5.32 Å². The van der Waals surface area contributed by atoms with Crippen LogP contribution in [0.3, 0.4) is 0 Å². The van der Waals surface area contributed by atoms with Crippen molar-refractivity contribution in [2.75, 3.05) is 6.61 Å². The van der Waals surface area contributed by atoms with Gasteiger partial charge in [-0.3, -0.25) is 4.79 Å². The number of phenols is 1. The van der Waals surface area contributed by atoms with Crippen molar-refractivity contribution in [3.8, 4) is 5.75 Å². The predicted molar refractivity (Wildman–Crippen MR) is 63.1 cm³/mol. The topological polar surface area (TPSA) is 107 Å². The van der Waals surface area contributed by atoms with E-state index in [1.54, 1.807) is 12.1 Å². The molecular formula is C12H15NO5. The Labute approximate surface area is 104 Å². The Morgan fingerprint density at radius 3 is 2.33 bits per heavy atom. The van der Waals surface area contributed by atoms with Crippen LogP contribution in [0.1, 0.15) is 12.0 Å². The molecule has 0 aliphatic carbocycles. The molecule has 6 nitrogen and oxygen atoms in total. The number of hydrogen-bond acceptors (Lipinski definition) is 4. The number of carbonyl (C=O) groups excluding carboxylic acids is 1. The molecule has 98 valence electrons. The maximum Gasteiger partial charge on any atom is 0.326 e. The lowest BCUT2D eigenvalue weighted by Crippen LogP contribution is -2.42. The number of carboxylic acid groups (broad SMARTS) is 1. The van der Waals surface area contributed by atoms with Gasteiger partial charge in [0.1, 0.15) is 11.8 Å². The second kappa shape index (κ2) is 6.61. The SMILES string of the molecule is O=C(Cc1ccc(O)cc1)NC(CCO)C(=O)O. The highest BCUT2D eigenvalue weighted by Crippen LogP contribution is 2.10. The van der Waals surface area contributed by atoms with Crippen LogP contribution in [0.4, 0.5) is 0 Å². The molecule has 0 bridgehead atoms. The number of nitrogens with one attached hydrogen (secondary N) is 1. The van der Waals surface area contributed by atoms with E-state index in [0.29, 0.717) is 5.56 Å². The van der Waals surface area contributed by atoms with Gasteiger partial charge in [-0.1, -0.05) is 12.1 Å². The van der Waals surface area contributed by atoms with Crippen LogP contribution in [0.2, 0.25) is 0 Å². The van der Waals surface area contributed by atoms with E-state index in [1.807, 2.05) is 0 Å². The molecule has 0 aromatic heterocycles. The molecule has 1 unspecified atom stereocenters. The van der Waals surface area contributed by atoms with Crippen LogP contribution < -0.4 is 5.32 Å². The lowest BCUT2D eigenvalue weighted by molar-refractivity contribution is -0.142. The monoisotopic (exact) mass is 253 g/mol. The molecule has 6 heteroatoms. The van der Waals surface area contributed by atoms with Crippen LogP contribution in [0.15, 0.2) is 24.3 Å². The molecule has 0 radical (unpaired) electrons. The first-order valence-corrected chi connectivity index (χ1v) is 5.44. The van der Waals surface area contributed by atoms with Gasteiger partial charge in [-0.2, -0.15) is 0 Å². The van der Waals surface area contributed by atoms with Gasteiger partial charge in [-0.25, -0.2) is 4.79 Å². The number of aliphatic hydroxyl groups excluding tert-OH is 1. The van der Waals surface area contributed by atoms with Crippen LogP contribution in [-0.4, -0.2) is 39.8 Å². The third-order valence-corrected chi connectivity index (χ3v) is 2.35. The Kier molecular flexibility index (Phi) is 5.13. The lowest BCUT2D eigenvalue weighted by Gasteiger charge is -2.13. The number of aromatic hydroxyl groups is 1. The Morgan fingerprint density at radius 1 is 1.22 bits per heavy atom. The Morgan fingerprint density at radius 2 is 1.83 bits per heavy atom. The minimum absolute atomic E-state index is 0.0233. The molecule has 18 heavy (non-hydrogen) atoms. The van der Waals surface area contributed by atoms with Gasteiger partial charge < -0.3 is 20.6 Å². The van der Waals surface area contributed by atoms with Crippen molar-refractivity contribution in [3.63, 3.8) is 0 Å². The summed E-state index contributed by atoms with van der Waals surface area (Å²) in [5, 5.41) is 28.9. The van der Waals surface area contributed by atoms with E-state index in [-0.39, 0.29) is 25.2 Å². The minimum Gasteiger partial charge on any atom is -0.508 e. The van der Waals surface area contributed by atoms with Gasteiger partial charge in [-0.15, -0.1) is 0 Å². The number of carbonyl (C=O) groups is 2. The molecule has 1 amide bonds. The summed E-state index contributed by atoms with van der Waals surface area (Å²) in [7, 11) is 0. The first-order chi connectivity index (χ1) is 8.52. The van der Waals surface area contributed by atoms with Gasteiger partial charge in [0, 0.05) is 13.0 Å². The molecule has 1 rings (SSSR count). The third kappa shape index (κ3) is 4.42. The number of phenolic OH excluding ortho intramolecular Hbond substituents is 1. The molecule has 1 aromatic rings. The second-order valence-corrected chi connectivity index (χ2v) is 3.81. The minimum atomic E-state index is -1.18. The smallest absolute Gasteiger partial charge is 0.326 e. The van der Waals surface area contributed by atoms with E-state index >= 15 is 0 Å². The third-order valence-electron chi connectivity index (χ3n) is 2.35. The fourth-order valence-electron chi connectivity index (χ4n) is 1.43. The van der Waals surface area contributed by atoms with Crippen LogP contribution in [0.25, 0.3) is 0 Å². The summed E-state index contributed by atoms with van der Waals surface area (Å²) in [5.74, 6) is -1.52. The quantitative estimate of drug-likeness (QED) is 0.565. The Hall–Kier alpha value is -2.08. The van der Waals surface area contributed by atoms with E-state index < -0.39 is 17.9 Å². The molecule has 1 atom stereocenters.